The molecule has 1 spiro atoms. The Hall–Kier alpha value is -3.19. The summed E-state index contributed by atoms with van der Waals surface area (Å²) >= 11 is 0. The van der Waals surface area contributed by atoms with Crippen molar-refractivity contribution in [1.82, 2.24) is 25.0 Å². The average molecular weight is 418 g/mol. The summed E-state index contributed by atoms with van der Waals surface area (Å²) in [5, 5.41) is 7.46. The van der Waals surface area contributed by atoms with Crippen LogP contribution >= 0.6 is 0 Å². The molecule has 7 heteroatoms. The van der Waals surface area contributed by atoms with Gasteiger partial charge in [0.1, 0.15) is 11.6 Å². The molecule has 2 aliphatic rings. The zero-order valence-electron chi connectivity index (χ0n) is 17.7. The number of hydrogen-bond donors (Lipinski definition) is 1. The number of hydrogen-bond acceptors (Lipinski definition) is 5. The summed E-state index contributed by atoms with van der Waals surface area (Å²) in [5.74, 6) is 2.65. The molecule has 2 saturated heterocycles. The number of aromatic amines is 1. The molecule has 2 aliphatic heterocycles. The van der Waals surface area contributed by atoms with Crippen molar-refractivity contribution in [1.29, 1.82) is 0 Å². The van der Waals surface area contributed by atoms with E-state index in [4.69, 9.17) is 4.74 Å². The van der Waals surface area contributed by atoms with Crippen LogP contribution < -0.4 is 4.74 Å². The van der Waals surface area contributed by atoms with E-state index in [1.54, 1.807) is 0 Å². The van der Waals surface area contributed by atoms with Gasteiger partial charge in [-0.1, -0.05) is 48.5 Å². The van der Waals surface area contributed by atoms with Crippen molar-refractivity contribution in [2.45, 2.75) is 19.4 Å². The van der Waals surface area contributed by atoms with E-state index in [9.17, 15) is 4.79 Å². The van der Waals surface area contributed by atoms with E-state index in [2.05, 4.69) is 44.3 Å². The number of aryl methyl sites for hydroxylation is 1. The van der Waals surface area contributed by atoms with E-state index in [0.29, 0.717) is 13.1 Å². The molecule has 5 rings (SSSR count). The fourth-order valence-electron chi connectivity index (χ4n) is 4.87. The lowest BCUT2D eigenvalue weighted by atomic mass is 9.71. The normalized spacial score (nSPS) is 20.0. The summed E-state index contributed by atoms with van der Waals surface area (Å²) < 4.78 is 5.66. The van der Waals surface area contributed by atoms with Crippen LogP contribution in [0.1, 0.15) is 23.1 Å². The Labute approximate surface area is 182 Å². The van der Waals surface area contributed by atoms with Crippen molar-refractivity contribution in [2.24, 2.45) is 5.41 Å². The second-order valence-electron chi connectivity index (χ2n) is 8.70. The number of nitrogens with one attached hydrogen (secondary N) is 1. The highest BCUT2D eigenvalue weighted by molar-refractivity contribution is 5.79. The standard InChI is InChI=1S/C24H27N5O2/c1-18-25-23(27-26-18)21-13-28(12-19-8-4-2-5-9-19)15-24(21)16-29(17-24)22(30)14-31-20-10-6-3-7-11-20/h2-11,21H,12-17H2,1H3,(H,25,26,27). The first-order valence-electron chi connectivity index (χ1n) is 10.7. The zero-order chi connectivity index (χ0) is 21.3. The number of aromatic nitrogens is 3. The lowest BCUT2D eigenvalue weighted by Gasteiger charge is -2.50. The highest BCUT2D eigenvalue weighted by atomic mass is 16.5. The lowest BCUT2D eigenvalue weighted by molar-refractivity contribution is -0.145. The van der Waals surface area contributed by atoms with E-state index in [1.807, 2.05) is 48.2 Å². The van der Waals surface area contributed by atoms with Gasteiger partial charge in [0.2, 0.25) is 0 Å². The Balaban J connectivity index is 1.26. The van der Waals surface area contributed by atoms with E-state index in [1.165, 1.54) is 5.56 Å². The molecule has 1 unspecified atom stereocenters. The molecule has 1 amide bonds. The van der Waals surface area contributed by atoms with Crippen LogP contribution in [0.3, 0.4) is 0 Å². The third-order valence-electron chi connectivity index (χ3n) is 6.36. The third-order valence-corrected chi connectivity index (χ3v) is 6.36. The van der Waals surface area contributed by atoms with Crippen LogP contribution in [0.25, 0.3) is 0 Å². The fourth-order valence-corrected chi connectivity index (χ4v) is 4.87. The number of H-pyrrole nitrogens is 1. The number of carbonyl (C=O) groups is 1. The molecule has 1 aromatic heterocycles. The highest BCUT2D eigenvalue weighted by Crippen LogP contribution is 2.48. The van der Waals surface area contributed by atoms with E-state index in [0.717, 1.165) is 37.0 Å². The van der Waals surface area contributed by atoms with Gasteiger partial charge in [-0.3, -0.25) is 14.8 Å². The first-order chi connectivity index (χ1) is 15.1. The van der Waals surface area contributed by atoms with E-state index < -0.39 is 0 Å². The van der Waals surface area contributed by atoms with Gasteiger partial charge in [0.05, 0.1) is 0 Å². The summed E-state index contributed by atoms with van der Waals surface area (Å²) in [6, 6.07) is 20.0. The van der Waals surface area contributed by atoms with Crippen molar-refractivity contribution >= 4 is 5.91 Å². The highest BCUT2D eigenvalue weighted by Gasteiger charge is 2.56. The first-order valence-corrected chi connectivity index (χ1v) is 10.7. The lowest BCUT2D eigenvalue weighted by Crippen LogP contribution is -2.62. The predicted molar refractivity (Wildman–Crippen MR) is 117 cm³/mol. The molecule has 7 nitrogen and oxygen atoms in total. The fraction of sp³-hybridized carbons (Fsp3) is 0.375. The SMILES string of the molecule is Cc1nc(C2CN(Cc3ccccc3)CC23CN(C(=O)COc2ccccc2)C3)n[nH]1. The molecule has 31 heavy (non-hydrogen) atoms. The first kappa shape index (κ1) is 19.8. The second kappa shape index (κ2) is 8.15. The van der Waals surface area contributed by atoms with Crippen molar-refractivity contribution in [3.63, 3.8) is 0 Å². The van der Waals surface area contributed by atoms with Crippen LogP contribution in [0.2, 0.25) is 0 Å². The van der Waals surface area contributed by atoms with Crippen molar-refractivity contribution in [2.75, 3.05) is 32.8 Å². The topological polar surface area (TPSA) is 74.3 Å². The Bertz CT molecular complexity index is 1030. The summed E-state index contributed by atoms with van der Waals surface area (Å²) in [6.45, 7) is 6.16. The number of likely N-dealkylation sites (tertiary alicyclic amines) is 2. The van der Waals surface area contributed by atoms with Crippen LogP contribution in [0, 0.1) is 12.3 Å². The summed E-state index contributed by atoms with van der Waals surface area (Å²) in [7, 11) is 0. The molecule has 160 valence electrons. The minimum Gasteiger partial charge on any atom is -0.484 e. The summed E-state index contributed by atoms with van der Waals surface area (Å²) in [6.07, 6.45) is 0. The molecule has 0 saturated carbocycles. The monoisotopic (exact) mass is 417 g/mol. The zero-order valence-corrected chi connectivity index (χ0v) is 17.7. The van der Waals surface area contributed by atoms with Crippen LogP contribution in [-0.2, 0) is 11.3 Å². The molecule has 3 aromatic rings. The number of amides is 1. The predicted octanol–water partition coefficient (Wildman–Crippen LogP) is 2.62. The maximum absolute atomic E-state index is 12.7. The smallest absolute Gasteiger partial charge is 0.260 e. The minimum atomic E-state index is -0.00811. The molecule has 0 bridgehead atoms. The van der Waals surface area contributed by atoms with Gasteiger partial charge < -0.3 is 9.64 Å². The van der Waals surface area contributed by atoms with Crippen LogP contribution in [-0.4, -0.2) is 63.7 Å². The molecule has 1 atom stereocenters. The molecule has 0 radical (unpaired) electrons. The second-order valence-corrected chi connectivity index (χ2v) is 8.70. The average Bonchev–Trinajstić information content (AvgIpc) is 3.36. The Morgan fingerprint density at radius 2 is 1.81 bits per heavy atom. The Morgan fingerprint density at radius 3 is 2.48 bits per heavy atom. The van der Waals surface area contributed by atoms with Crippen molar-refractivity contribution < 1.29 is 9.53 Å². The van der Waals surface area contributed by atoms with Crippen molar-refractivity contribution in [3.05, 3.63) is 77.9 Å². The number of nitrogens with zero attached hydrogens (tertiary/aromatic N) is 4. The molecule has 0 aliphatic carbocycles. The minimum absolute atomic E-state index is 0.00811. The quantitative estimate of drug-likeness (QED) is 0.667. The van der Waals surface area contributed by atoms with Crippen molar-refractivity contribution in [3.8, 4) is 5.75 Å². The van der Waals surface area contributed by atoms with Gasteiger partial charge in [-0.25, -0.2) is 4.98 Å². The molecular formula is C24H27N5O2. The third kappa shape index (κ3) is 4.05. The van der Waals surface area contributed by atoms with E-state index >= 15 is 0 Å². The Kier molecular flexibility index (Phi) is 5.19. The van der Waals surface area contributed by atoms with Crippen LogP contribution in [0.5, 0.6) is 5.75 Å². The number of ether oxygens (including phenoxy) is 1. The maximum Gasteiger partial charge on any atom is 0.260 e. The maximum atomic E-state index is 12.7. The molecule has 1 N–H and O–H groups in total. The number of rotatable bonds is 6. The van der Waals surface area contributed by atoms with Gasteiger partial charge in [0, 0.05) is 44.1 Å². The Morgan fingerprint density at radius 1 is 1.10 bits per heavy atom. The van der Waals surface area contributed by atoms with Gasteiger partial charge >= 0.3 is 0 Å². The van der Waals surface area contributed by atoms with Gasteiger partial charge in [0.25, 0.3) is 5.91 Å². The van der Waals surface area contributed by atoms with Crippen LogP contribution in [0.15, 0.2) is 60.7 Å². The molecular weight excluding hydrogens is 390 g/mol. The molecule has 3 heterocycles. The number of carbonyl (C=O) groups excluding carboxylic acids is 1. The van der Waals surface area contributed by atoms with E-state index in [-0.39, 0.29) is 23.8 Å². The number of benzene rings is 2. The summed E-state index contributed by atoms with van der Waals surface area (Å²) in [5.41, 5.74) is 1.29. The number of para-hydroxylation sites is 1. The van der Waals surface area contributed by atoms with Gasteiger partial charge in [-0.2, -0.15) is 5.10 Å². The summed E-state index contributed by atoms with van der Waals surface area (Å²) in [4.78, 5) is 21.7. The molecule has 2 aromatic carbocycles. The van der Waals surface area contributed by atoms with Gasteiger partial charge in [-0.15, -0.1) is 0 Å². The van der Waals surface area contributed by atoms with Gasteiger partial charge in [-0.05, 0) is 24.6 Å². The molecule has 2 fully saturated rings. The van der Waals surface area contributed by atoms with Crippen LogP contribution in [0.4, 0.5) is 0 Å². The largest absolute Gasteiger partial charge is 0.484 e. The van der Waals surface area contributed by atoms with Gasteiger partial charge in [0.15, 0.2) is 12.4 Å².